The largest absolute Gasteiger partial charge is 0.493 e. The second-order valence-corrected chi connectivity index (χ2v) is 8.23. The van der Waals surface area contributed by atoms with E-state index < -0.39 is 5.97 Å². The average Bonchev–Trinajstić information content (AvgIpc) is 3.26. The predicted octanol–water partition coefficient (Wildman–Crippen LogP) is 4.35. The van der Waals surface area contributed by atoms with Gasteiger partial charge in [-0.05, 0) is 36.8 Å². The van der Waals surface area contributed by atoms with Crippen molar-refractivity contribution >= 4 is 29.3 Å². The third-order valence-electron chi connectivity index (χ3n) is 4.68. The molecule has 35 heavy (non-hydrogen) atoms. The number of hydrogen-bond acceptors (Lipinski definition) is 8. The Labute approximate surface area is 208 Å². The molecule has 1 aromatic heterocycles. The molecule has 0 fully saturated rings. The third-order valence-corrected chi connectivity index (χ3v) is 5.65. The van der Waals surface area contributed by atoms with Crippen molar-refractivity contribution in [2.75, 3.05) is 24.8 Å². The molecule has 1 N–H and O–H groups in total. The molecule has 184 valence electrons. The average molecular weight is 497 g/mol. The summed E-state index contributed by atoms with van der Waals surface area (Å²) < 4.78 is 18.2. The van der Waals surface area contributed by atoms with Gasteiger partial charge in [0.2, 0.25) is 5.91 Å². The topological polar surface area (TPSA) is 105 Å². The number of rotatable bonds is 13. The van der Waals surface area contributed by atoms with Crippen LogP contribution in [0.2, 0.25) is 0 Å². The maximum atomic E-state index is 12.5. The van der Waals surface area contributed by atoms with Crippen LogP contribution in [0.5, 0.6) is 11.5 Å². The van der Waals surface area contributed by atoms with Crippen LogP contribution in [0.4, 0.5) is 5.69 Å². The number of para-hydroxylation sites is 2. The van der Waals surface area contributed by atoms with Crippen molar-refractivity contribution in [3.63, 3.8) is 0 Å². The zero-order valence-electron chi connectivity index (χ0n) is 19.7. The minimum Gasteiger partial charge on any atom is -0.493 e. The first-order valence-electron chi connectivity index (χ1n) is 11.0. The quantitative estimate of drug-likeness (QED) is 0.212. The molecule has 0 bridgehead atoms. The minimum absolute atomic E-state index is 0.104. The molecule has 0 aliphatic heterocycles. The van der Waals surface area contributed by atoms with Gasteiger partial charge in [0.25, 0.3) is 0 Å². The zero-order chi connectivity index (χ0) is 25.0. The molecule has 0 saturated heterocycles. The first kappa shape index (κ1) is 25.8. The first-order chi connectivity index (χ1) is 17.0. The van der Waals surface area contributed by atoms with Gasteiger partial charge in [-0.25, -0.2) is 4.79 Å². The molecule has 0 saturated carbocycles. The number of nitrogens with one attached hydrogen (secondary N) is 1. The minimum atomic E-state index is -0.419. The maximum Gasteiger partial charge on any atom is 0.338 e. The van der Waals surface area contributed by atoms with Crippen molar-refractivity contribution in [3.05, 3.63) is 72.6 Å². The summed E-state index contributed by atoms with van der Waals surface area (Å²) in [4.78, 5) is 24.6. The second kappa shape index (κ2) is 13.2. The molecule has 0 radical (unpaired) electrons. The number of aromatic nitrogens is 3. The Morgan fingerprint density at radius 2 is 1.94 bits per heavy atom. The number of thioether (sulfide) groups is 1. The molecular weight excluding hydrogens is 468 g/mol. The van der Waals surface area contributed by atoms with Gasteiger partial charge in [0, 0.05) is 12.2 Å². The van der Waals surface area contributed by atoms with Gasteiger partial charge in [0.15, 0.2) is 22.5 Å². The lowest BCUT2D eigenvalue weighted by atomic mass is 10.2. The van der Waals surface area contributed by atoms with Crippen molar-refractivity contribution in [2.45, 2.75) is 31.7 Å². The number of carbonyl (C=O) groups excluding carboxylic acids is 2. The van der Waals surface area contributed by atoms with Crippen LogP contribution in [0.3, 0.4) is 0 Å². The number of anilines is 1. The van der Waals surface area contributed by atoms with Gasteiger partial charge in [-0.2, -0.15) is 0 Å². The van der Waals surface area contributed by atoms with Crippen LogP contribution in [0.25, 0.3) is 0 Å². The standard InChI is InChI=1S/C25H28N4O5S/c1-4-13-29-22(16-34-21-12-7-6-11-20(21)32-3)27-28-25(29)35-17-23(30)26-19-10-8-9-18(15-19)24(31)33-14-5-2/h4,6-12,15H,1,5,13-14,16-17H2,2-3H3,(H,26,30). The van der Waals surface area contributed by atoms with Gasteiger partial charge in [0.1, 0.15) is 6.61 Å². The lowest BCUT2D eigenvalue weighted by Crippen LogP contribution is -2.15. The van der Waals surface area contributed by atoms with Gasteiger partial charge >= 0.3 is 5.97 Å². The fourth-order valence-corrected chi connectivity index (χ4v) is 3.82. The molecule has 9 nitrogen and oxygen atoms in total. The van der Waals surface area contributed by atoms with Gasteiger partial charge in [0.05, 0.1) is 25.0 Å². The van der Waals surface area contributed by atoms with Crippen molar-refractivity contribution in [3.8, 4) is 11.5 Å². The summed E-state index contributed by atoms with van der Waals surface area (Å²) in [6.45, 7) is 6.70. The van der Waals surface area contributed by atoms with E-state index in [0.29, 0.717) is 46.9 Å². The molecule has 3 aromatic rings. The highest BCUT2D eigenvalue weighted by atomic mass is 32.2. The third kappa shape index (κ3) is 7.35. The molecule has 1 amide bonds. The van der Waals surface area contributed by atoms with E-state index in [1.165, 1.54) is 11.8 Å². The number of carbonyl (C=O) groups is 2. The molecule has 10 heteroatoms. The van der Waals surface area contributed by atoms with E-state index in [2.05, 4.69) is 22.1 Å². The van der Waals surface area contributed by atoms with E-state index in [1.807, 2.05) is 35.8 Å². The van der Waals surface area contributed by atoms with Crippen LogP contribution in [0.1, 0.15) is 29.5 Å². The maximum absolute atomic E-state index is 12.5. The van der Waals surface area contributed by atoms with E-state index in [9.17, 15) is 9.59 Å². The predicted molar refractivity (Wildman–Crippen MR) is 134 cm³/mol. The number of hydrogen-bond donors (Lipinski definition) is 1. The Morgan fingerprint density at radius 1 is 1.14 bits per heavy atom. The molecule has 0 aliphatic rings. The number of nitrogens with zero attached hydrogens (tertiary/aromatic N) is 3. The van der Waals surface area contributed by atoms with Crippen molar-refractivity contribution in [1.29, 1.82) is 0 Å². The van der Waals surface area contributed by atoms with Crippen LogP contribution in [-0.2, 0) is 22.7 Å². The lowest BCUT2D eigenvalue weighted by molar-refractivity contribution is -0.113. The highest BCUT2D eigenvalue weighted by Crippen LogP contribution is 2.27. The molecule has 0 atom stereocenters. The van der Waals surface area contributed by atoms with E-state index in [-0.39, 0.29) is 18.3 Å². The fourth-order valence-electron chi connectivity index (χ4n) is 3.05. The van der Waals surface area contributed by atoms with Gasteiger partial charge in [-0.15, -0.1) is 16.8 Å². The Kier molecular flexibility index (Phi) is 9.73. The molecule has 0 aliphatic carbocycles. The lowest BCUT2D eigenvalue weighted by Gasteiger charge is -2.11. The van der Waals surface area contributed by atoms with E-state index in [4.69, 9.17) is 14.2 Å². The monoisotopic (exact) mass is 496 g/mol. The van der Waals surface area contributed by atoms with Crippen molar-refractivity contribution in [1.82, 2.24) is 14.8 Å². The van der Waals surface area contributed by atoms with Gasteiger partial charge in [-0.3, -0.25) is 9.36 Å². The van der Waals surface area contributed by atoms with Crippen LogP contribution in [0.15, 0.2) is 66.3 Å². The summed E-state index contributed by atoms with van der Waals surface area (Å²) in [5.74, 6) is 1.25. The highest BCUT2D eigenvalue weighted by molar-refractivity contribution is 7.99. The number of amides is 1. The zero-order valence-corrected chi connectivity index (χ0v) is 20.5. The number of methoxy groups -OCH3 is 1. The first-order valence-corrected chi connectivity index (χ1v) is 12.0. The summed E-state index contributed by atoms with van der Waals surface area (Å²) in [5, 5.41) is 11.8. The summed E-state index contributed by atoms with van der Waals surface area (Å²) >= 11 is 1.24. The van der Waals surface area contributed by atoms with E-state index in [1.54, 1.807) is 37.5 Å². The van der Waals surface area contributed by atoms with Crippen LogP contribution in [-0.4, -0.2) is 46.1 Å². The number of allylic oxidation sites excluding steroid dienone is 1. The van der Waals surface area contributed by atoms with Crippen LogP contribution < -0.4 is 14.8 Å². The SMILES string of the molecule is C=CCn1c(COc2ccccc2OC)nnc1SCC(=O)Nc1cccc(C(=O)OCCC)c1. The Bertz CT molecular complexity index is 1160. The summed E-state index contributed by atoms with van der Waals surface area (Å²) in [6, 6.07) is 14.0. The molecule has 1 heterocycles. The smallest absolute Gasteiger partial charge is 0.338 e. The van der Waals surface area contributed by atoms with Crippen LogP contribution >= 0.6 is 11.8 Å². The normalized spacial score (nSPS) is 10.5. The molecule has 3 rings (SSSR count). The molecule has 2 aromatic carbocycles. The summed E-state index contributed by atoms with van der Waals surface area (Å²) in [7, 11) is 1.58. The Balaban J connectivity index is 1.60. The summed E-state index contributed by atoms with van der Waals surface area (Å²) in [5.41, 5.74) is 0.898. The number of ether oxygens (including phenoxy) is 3. The summed E-state index contributed by atoms with van der Waals surface area (Å²) in [6.07, 6.45) is 2.47. The van der Waals surface area contributed by atoms with Gasteiger partial charge < -0.3 is 19.5 Å². The van der Waals surface area contributed by atoms with Crippen molar-refractivity contribution < 1.29 is 23.8 Å². The molecular formula is C25H28N4O5S. The second-order valence-electron chi connectivity index (χ2n) is 7.29. The van der Waals surface area contributed by atoms with E-state index >= 15 is 0 Å². The number of esters is 1. The number of benzene rings is 2. The Morgan fingerprint density at radius 3 is 2.69 bits per heavy atom. The molecule has 0 unspecified atom stereocenters. The van der Waals surface area contributed by atoms with Crippen LogP contribution in [0, 0.1) is 0 Å². The van der Waals surface area contributed by atoms with E-state index in [0.717, 1.165) is 6.42 Å². The molecule has 0 spiro atoms. The van der Waals surface area contributed by atoms with Crippen molar-refractivity contribution in [2.24, 2.45) is 0 Å². The Hall–Kier alpha value is -3.79. The highest BCUT2D eigenvalue weighted by Gasteiger charge is 2.15. The van der Waals surface area contributed by atoms with Gasteiger partial charge in [-0.1, -0.05) is 43.0 Å². The fraction of sp³-hybridized carbons (Fsp3) is 0.280.